The molecular formula is C26H30N2O4S. The molecule has 0 aliphatic heterocycles. The largest absolute Gasteiger partial charge is 0.491 e. The number of anilines is 1. The Morgan fingerprint density at radius 3 is 2.33 bits per heavy atom. The lowest BCUT2D eigenvalue weighted by Crippen LogP contribution is -2.40. The van der Waals surface area contributed by atoms with Crippen molar-refractivity contribution in [3.05, 3.63) is 89.5 Å². The first-order valence-corrected chi connectivity index (χ1v) is 12.3. The number of rotatable bonds is 9. The first kappa shape index (κ1) is 24.3. The van der Waals surface area contributed by atoms with Crippen molar-refractivity contribution in [3.63, 3.8) is 0 Å². The molecule has 6 nitrogen and oxygen atoms in total. The van der Waals surface area contributed by atoms with E-state index in [0.29, 0.717) is 5.69 Å². The van der Waals surface area contributed by atoms with Crippen LogP contribution in [0.3, 0.4) is 0 Å². The van der Waals surface area contributed by atoms with Crippen molar-refractivity contribution in [1.29, 1.82) is 0 Å². The Bertz CT molecular complexity index is 1210. The third-order valence-corrected chi connectivity index (χ3v) is 6.94. The number of nitrogens with one attached hydrogen (secondary N) is 1. The Kier molecular flexibility index (Phi) is 7.76. The zero-order chi connectivity index (χ0) is 24.0. The maximum absolute atomic E-state index is 13.4. The molecule has 1 N–H and O–H groups in total. The van der Waals surface area contributed by atoms with Gasteiger partial charge in [0.25, 0.3) is 10.0 Å². The molecule has 0 aliphatic rings. The van der Waals surface area contributed by atoms with Gasteiger partial charge in [-0.05, 0) is 80.8 Å². The van der Waals surface area contributed by atoms with Crippen molar-refractivity contribution in [2.75, 3.05) is 10.8 Å². The van der Waals surface area contributed by atoms with Crippen molar-refractivity contribution >= 4 is 21.6 Å². The van der Waals surface area contributed by atoms with Gasteiger partial charge >= 0.3 is 0 Å². The van der Waals surface area contributed by atoms with Gasteiger partial charge in [-0.15, -0.1) is 0 Å². The molecule has 3 rings (SSSR count). The van der Waals surface area contributed by atoms with Gasteiger partial charge in [-0.25, -0.2) is 8.42 Å². The Balaban J connectivity index is 1.81. The number of aryl methyl sites for hydroxylation is 2. The standard InChI is InChI=1S/C26H30N2O4S/c1-19(2)32-24-10-8-9-22(16-24)17-27-26(29)18-28(23-14-13-20(3)21(4)15-23)33(30,31)25-11-6-5-7-12-25/h5-16,19H,17-18H2,1-4H3,(H,27,29). The highest BCUT2D eigenvalue weighted by molar-refractivity contribution is 7.92. The summed E-state index contributed by atoms with van der Waals surface area (Å²) in [5.41, 5.74) is 3.31. The molecule has 0 atom stereocenters. The number of carbonyl (C=O) groups is 1. The summed E-state index contributed by atoms with van der Waals surface area (Å²) in [6, 6.07) is 21.0. The van der Waals surface area contributed by atoms with Crippen molar-refractivity contribution in [2.45, 2.75) is 45.2 Å². The number of benzene rings is 3. The van der Waals surface area contributed by atoms with E-state index in [1.165, 1.54) is 12.1 Å². The van der Waals surface area contributed by atoms with Crippen LogP contribution in [0.2, 0.25) is 0 Å². The van der Waals surface area contributed by atoms with E-state index < -0.39 is 15.9 Å². The lowest BCUT2D eigenvalue weighted by Gasteiger charge is -2.25. The minimum Gasteiger partial charge on any atom is -0.491 e. The number of amides is 1. The third-order valence-electron chi connectivity index (χ3n) is 5.16. The molecule has 1 amide bonds. The van der Waals surface area contributed by atoms with Crippen LogP contribution in [-0.2, 0) is 21.4 Å². The summed E-state index contributed by atoms with van der Waals surface area (Å²) in [6.07, 6.45) is 0.0459. The molecule has 33 heavy (non-hydrogen) atoms. The third kappa shape index (κ3) is 6.35. The van der Waals surface area contributed by atoms with Gasteiger partial charge < -0.3 is 10.1 Å². The van der Waals surface area contributed by atoms with Crippen LogP contribution in [0.4, 0.5) is 5.69 Å². The van der Waals surface area contributed by atoms with Crippen LogP contribution in [0, 0.1) is 13.8 Å². The maximum Gasteiger partial charge on any atom is 0.264 e. The number of hydrogen-bond acceptors (Lipinski definition) is 4. The molecule has 0 saturated heterocycles. The van der Waals surface area contributed by atoms with Gasteiger partial charge in [-0.2, -0.15) is 0 Å². The fourth-order valence-corrected chi connectivity index (χ4v) is 4.74. The minimum atomic E-state index is -3.93. The van der Waals surface area contributed by atoms with Gasteiger partial charge in [0.2, 0.25) is 5.91 Å². The number of nitrogens with zero attached hydrogens (tertiary/aromatic N) is 1. The minimum absolute atomic E-state index is 0.0459. The zero-order valence-electron chi connectivity index (χ0n) is 19.4. The van der Waals surface area contributed by atoms with Crippen LogP contribution in [-0.4, -0.2) is 27.0 Å². The van der Waals surface area contributed by atoms with Crippen LogP contribution >= 0.6 is 0 Å². The second-order valence-corrected chi connectivity index (χ2v) is 10.0. The van der Waals surface area contributed by atoms with E-state index in [2.05, 4.69) is 5.32 Å². The van der Waals surface area contributed by atoms with E-state index in [9.17, 15) is 13.2 Å². The SMILES string of the molecule is Cc1ccc(N(CC(=O)NCc2cccc(OC(C)C)c2)S(=O)(=O)c2ccccc2)cc1C. The van der Waals surface area contributed by atoms with E-state index >= 15 is 0 Å². The monoisotopic (exact) mass is 466 g/mol. The van der Waals surface area contributed by atoms with E-state index in [1.807, 2.05) is 58.0 Å². The Morgan fingerprint density at radius 2 is 1.67 bits per heavy atom. The number of ether oxygens (including phenoxy) is 1. The quantitative estimate of drug-likeness (QED) is 0.500. The van der Waals surface area contributed by atoms with Crippen molar-refractivity contribution in [3.8, 4) is 5.75 Å². The first-order chi connectivity index (χ1) is 15.7. The fraction of sp³-hybridized carbons (Fsp3) is 0.269. The summed E-state index contributed by atoms with van der Waals surface area (Å²) in [5.74, 6) is 0.322. The average molecular weight is 467 g/mol. The molecule has 0 saturated carbocycles. The maximum atomic E-state index is 13.4. The first-order valence-electron chi connectivity index (χ1n) is 10.8. The average Bonchev–Trinajstić information content (AvgIpc) is 2.78. The van der Waals surface area contributed by atoms with E-state index in [1.54, 1.807) is 30.3 Å². The molecule has 0 spiro atoms. The number of sulfonamides is 1. The summed E-state index contributed by atoms with van der Waals surface area (Å²) in [4.78, 5) is 13.0. The van der Waals surface area contributed by atoms with Gasteiger partial charge in [0.15, 0.2) is 0 Å². The molecule has 0 aromatic heterocycles. The normalized spacial score (nSPS) is 11.3. The predicted octanol–water partition coefficient (Wildman–Crippen LogP) is 4.60. The lowest BCUT2D eigenvalue weighted by atomic mass is 10.1. The van der Waals surface area contributed by atoms with Gasteiger partial charge in [-0.1, -0.05) is 36.4 Å². The molecule has 0 fully saturated rings. The second-order valence-electron chi connectivity index (χ2n) is 8.18. The summed E-state index contributed by atoms with van der Waals surface area (Å²) in [7, 11) is -3.93. The molecule has 0 unspecified atom stereocenters. The lowest BCUT2D eigenvalue weighted by molar-refractivity contribution is -0.119. The Labute approximate surface area is 196 Å². The van der Waals surface area contributed by atoms with E-state index in [-0.39, 0.29) is 24.1 Å². The van der Waals surface area contributed by atoms with Gasteiger partial charge in [-0.3, -0.25) is 9.10 Å². The second kappa shape index (κ2) is 10.5. The fourth-order valence-electron chi connectivity index (χ4n) is 3.30. The van der Waals surface area contributed by atoms with E-state index in [0.717, 1.165) is 26.7 Å². The van der Waals surface area contributed by atoms with Crippen LogP contribution in [0.25, 0.3) is 0 Å². The predicted molar refractivity (Wildman–Crippen MR) is 131 cm³/mol. The number of hydrogen-bond donors (Lipinski definition) is 1. The van der Waals surface area contributed by atoms with Crippen molar-refractivity contribution < 1.29 is 17.9 Å². The van der Waals surface area contributed by atoms with Gasteiger partial charge in [0.1, 0.15) is 12.3 Å². The molecule has 3 aromatic rings. The Morgan fingerprint density at radius 1 is 0.939 bits per heavy atom. The topological polar surface area (TPSA) is 75.7 Å². The Hall–Kier alpha value is -3.32. The van der Waals surface area contributed by atoms with Crippen molar-refractivity contribution in [1.82, 2.24) is 5.32 Å². The molecule has 3 aromatic carbocycles. The van der Waals surface area contributed by atoms with Gasteiger partial charge in [0.05, 0.1) is 16.7 Å². The molecule has 7 heteroatoms. The summed E-state index contributed by atoms with van der Waals surface area (Å²) < 4.78 is 33.7. The van der Waals surface area contributed by atoms with Crippen LogP contribution in [0.15, 0.2) is 77.7 Å². The highest BCUT2D eigenvalue weighted by atomic mass is 32.2. The van der Waals surface area contributed by atoms with Gasteiger partial charge in [0, 0.05) is 6.54 Å². The molecule has 0 heterocycles. The van der Waals surface area contributed by atoms with Crippen LogP contribution in [0.1, 0.15) is 30.5 Å². The molecule has 0 radical (unpaired) electrons. The smallest absolute Gasteiger partial charge is 0.264 e. The summed E-state index contributed by atoms with van der Waals surface area (Å²) in [5, 5.41) is 2.83. The van der Waals surface area contributed by atoms with Crippen molar-refractivity contribution in [2.24, 2.45) is 0 Å². The molecule has 0 bridgehead atoms. The highest BCUT2D eigenvalue weighted by Gasteiger charge is 2.27. The zero-order valence-corrected chi connectivity index (χ0v) is 20.2. The molecule has 174 valence electrons. The number of carbonyl (C=O) groups excluding carboxylic acids is 1. The van der Waals surface area contributed by atoms with Crippen LogP contribution in [0.5, 0.6) is 5.75 Å². The molecule has 0 aliphatic carbocycles. The summed E-state index contributed by atoms with van der Waals surface area (Å²) >= 11 is 0. The van der Waals surface area contributed by atoms with Crippen LogP contribution < -0.4 is 14.4 Å². The summed E-state index contributed by atoms with van der Waals surface area (Å²) in [6.45, 7) is 7.70. The highest BCUT2D eigenvalue weighted by Crippen LogP contribution is 2.25. The molecular weight excluding hydrogens is 436 g/mol. The van der Waals surface area contributed by atoms with E-state index in [4.69, 9.17) is 4.74 Å².